The van der Waals surface area contributed by atoms with Crippen molar-refractivity contribution >= 4 is 49.1 Å². The molecule has 1 unspecified atom stereocenters. The standard InChI is InChI=1S/C16H7Br2F7N2O3/c17-8-4-6(15(22,14(20)21)16(23,24)25)5-9(18)12(8)26-13(28)7-2-1-3-10(11(7)19)27(29)30/h1-5,14H,(H,26,28). The number of hydrogen-bond donors (Lipinski definition) is 1. The normalized spacial score (nSPS) is 13.8. The van der Waals surface area contributed by atoms with Crippen LogP contribution in [0.25, 0.3) is 0 Å². The van der Waals surface area contributed by atoms with Gasteiger partial charge in [0.15, 0.2) is 0 Å². The number of nitrogens with zero attached hydrogens (tertiary/aromatic N) is 1. The monoisotopic (exact) mass is 566 g/mol. The summed E-state index contributed by atoms with van der Waals surface area (Å²) in [6.45, 7) is 0. The zero-order valence-corrected chi connectivity index (χ0v) is 17.2. The average molecular weight is 568 g/mol. The number of nitro groups is 1. The summed E-state index contributed by atoms with van der Waals surface area (Å²) in [6, 6.07) is 3.48. The molecule has 0 saturated carbocycles. The molecule has 0 heterocycles. The van der Waals surface area contributed by atoms with Crippen LogP contribution < -0.4 is 5.32 Å². The SMILES string of the molecule is O=C(Nc1c(Br)cc(C(F)(C(F)F)C(F)(F)F)cc1Br)c1cccc([N+](=O)[O-])c1F. The van der Waals surface area contributed by atoms with E-state index < -0.39 is 60.7 Å². The number of amides is 1. The number of alkyl halides is 6. The lowest BCUT2D eigenvalue weighted by atomic mass is 9.95. The van der Waals surface area contributed by atoms with Gasteiger partial charge in [-0.1, -0.05) is 6.07 Å². The molecule has 0 spiro atoms. The van der Waals surface area contributed by atoms with Gasteiger partial charge < -0.3 is 5.32 Å². The van der Waals surface area contributed by atoms with Gasteiger partial charge in [-0.2, -0.15) is 17.6 Å². The summed E-state index contributed by atoms with van der Waals surface area (Å²) in [4.78, 5) is 22.0. The van der Waals surface area contributed by atoms with Gasteiger partial charge in [0, 0.05) is 20.6 Å². The Labute approximate surface area is 179 Å². The summed E-state index contributed by atoms with van der Waals surface area (Å²) in [6.07, 6.45) is -10.4. The van der Waals surface area contributed by atoms with Crippen LogP contribution >= 0.6 is 31.9 Å². The van der Waals surface area contributed by atoms with E-state index >= 15 is 0 Å². The number of rotatable bonds is 5. The van der Waals surface area contributed by atoms with Crippen LogP contribution in [0.2, 0.25) is 0 Å². The lowest BCUT2D eigenvalue weighted by molar-refractivity contribution is -0.387. The summed E-state index contributed by atoms with van der Waals surface area (Å²) in [5, 5.41) is 12.8. The van der Waals surface area contributed by atoms with Crippen molar-refractivity contribution in [2.75, 3.05) is 5.32 Å². The highest BCUT2D eigenvalue weighted by molar-refractivity contribution is 9.11. The van der Waals surface area contributed by atoms with Crippen molar-refractivity contribution in [2.45, 2.75) is 18.3 Å². The molecule has 2 aromatic carbocycles. The van der Waals surface area contributed by atoms with Crippen molar-refractivity contribution in [1.29, 1.82) is 0 Å². The smallest absolute Gasteiger partial charge is 0.320 e. The fraction of sp³-hybridized carbons (Fsp3) is 0.188. The molecule has 1 N–H and O–H groups in total. The molecular weight excluding hydrogens is 561 g/mol. The first kappa shape index (κ1) is 24.1. The van der Waals surface area contributed by atoms with Crippen molar-refractivity contribution < 1.29 is 40.5 Å². The second kappa shape index (κ2) is 8.49. The van der Waals surface area contributed by atoms with Crippen LogP contribution in [-0.2, 0) is 5.67 Å². The average Bonchev–Trinajstić information content (AvgIpc) is 2.62. The van der Waals surface area contributed by atoms with E-state index in [0.29, 0.717) is 12.1 Å². The van der Waals surface area contributed by atoms with Crippen LogP contribution in [0.3, 0.4) is 0 Å². The molecule has 162 valence electrons. The molecule has 0 fully saturated rings. The summed E-state index contributed by atoms with van der Waals surface area (Å²) in [7, 11) is 0. The van der Waals surface area contributed by atoms with E-state index in [1.54, 1.807) is 0 Å². The molecule has 0 saturated heterocycles. The lowest BCUT2D eigenvalue weighted by Gasteiger charge is -2.28. The number of nitrogens with one attached hydrogen (secondary N) is 1. The Morgan fingerprint density at radius 1 is 1.10 bits per heavy atom. The van der Waals surface area contributed by atoms with Gasteiger partial charge in [0.25, 0.3) is 18.0 Å². The van der Waals surface area contributed by atoms with E-state index in [1.807, 2.05) is 0 Å². The molecule has 2 rings (SSSR count). The minimum absolute atomic E-state index is 0.353. The molecule has 1 amide bonds. The van der Waals surface area contributed by atoms with Crippen molar-refractivity contribution in [1.82, 2.24) is 0 Å². The van der Waals surface area contributed by atoms with E-state index in [1.165, 1.54) is 0 Å². The largest absolute Gasteiger partial charge is 0.432 e. The van der Waals surface area contributed by atoms with Gasteiger partial charge in [-0.25, -0.2) is 13.2 Å². The second-order valence-electron chi connectivity index (χ2n) is 5.68. The topological polar surface area (TPSA) is 72.2 Å². The van der Waals surface area contributed by atoms with E-state index in [2.05, 4.69) is 37.2 Å². The van der Waals surface area contributed by atoms with Crippen LogP contribution in [0, 0.1) is 15.9 Å². The Bertz CT molecular complexity index is 994. The minimum Gasteiger partial charge on any atom is -0.320 e. The van der Waals surface area contributed by atoms with Gasteiger partial charge in [-0.15, -0.1) is 0 Å². The zero-order valence-electron chi connectivity index (χ0n) is 14.0. The second-order valence-corrected chi connectivity index (χ2v) is 7.38. The summed E-state index contributed by atoms with van der Waals surface area (Å²) in [5.41, 5.74) is -8.57. The first-order valence-electron chi connectivity index (χ1n) is 7.49. The van der Waals surface area contributed by atoms with E-state index in [0.717, 1.165) is 18.2 Å². The quantitative estimate of drug-likeness (QED) is 0.254. The fourth-order valence-corrected chi connectivity index (χ4v) is 3.72. The van der Waals surface area contributed by atoms with Gasteiger partial charge in [-0.05, 0) is 50.1 Å². The van der Waals surface area contributed by atoms with Crippen LogP contribution in [0.5, 0.6) is 0 Å². The lowest BCUT2D eigenvalue weighted by Crippen LogP contribution is -2.44. The van der Waals surface area contributed by atoms with E-state index in [4.69, 9.17) is 0 Å². The van der Waals surface area contributed by atoms with Crippen molar-refractivity contribution in [2.24, 2.45) is 0 Å². The van der Waals surface area contributed by atoms with Crippen LogP contribution in [0.4, 0.5) is 42.1 Å². The molecule has 14 heteroatoms. The first-order chi connectivity index (χ1) is 13.7. The number of halogens is 9. The Kier molecular flexibility index (Phi) is 6.81. The third kappa shape index (κ3) is 4.29. The molecule has 0 aromatic heterocycles. The first-order valence-corrected chi connectivity index (χ1v) is 9.08. The van der Waals surface area contributed by atoms with Crippen LogP contribution in [-0.4, -0.2) is 23.4 Å². The number of carbonyl (C=O) groups excluding carboxylic acids is 1. The molecule has 0 aliphatic heterocycles. The molecule has 0 bridgehead atoms. The minimum atomic E-state index is -5.95. The van der Waals surface area contributed by atoms with Gasteiger partial charge in [0.05, 0.1) is 16.2 Å². The number of anilines is 1. The third-order valence-corrected chi connectivity index (χ3v) is 5.08. The molecule has 2 aromatic rings. The molecule has 1 atom stereocenters. The Hall–Kier alpha value is -2.22. The van der Waals surface area contributed by atoms with Crippen LogP contribution in [0.1, 0.15) is 15.9 Å². The van der Waals surface area contributed by atoms with E-state index in [9.17, 15) is 45.6 Å². The number of hydrogen-bond acceptors (Lipinski definition) is 3. The molecule has 0 radical (unpaired) electrons. The van der Waals surface area contributed by atoms with Gasteiger partial charge in [0.2, 0.25) is 5.82 Å². The van der Waals surface area contributed by atoms with E-state index in [-0.39, 0.29) is 5.69 Å². The Morgan fingerprint density at radius 3 is 2.07 bits per heavy atom. The third-order valence-electron chi connectivity index (χ3n) is 3.83. The molecule has 30 heavy (non-hydrogen) atoms. The number of carbonyl (C=O) groups is 1. The highest BCUT2D eigenvalue weighted by Crippen LogP contribution is 2.49. The number of benzene rings is 2. The summed E-state index contributed by atoms with van der Waals surface area (Å²) >= 11 is 5.48. The van der Waals surface area contributed by atoms with Gasteiger partial charge in [0.1, 0.15) is 0 Å². The van der Waals surface area contributed by atoms with Crippen molar-refractivity contribution in [3.05, 3.63) is 66.3 Å². The maximum atomic E-state index is 14.2. The summed E-state index contributed by atoms with van der Waals surface area (Å²) in [5.74, 6) is -2.71. The zero-order chi connectivity index (χ0) is 23.0. The molecule has 0 aliphatic rings. The molecule has 5 nitrogen and oxygen atoms in total. The summed E-state index contributed by atoms with van der Waals surface area (Å²) < 4.78 is 92.1. The van der Waals surface area contributed by atoms with Crippen molar-refractivity contribution in [3.8, 4) is 0 Å². The Morgan fingerprint density at radius 2 is 1.63 bits per heavy atom. The van der Waals surface area contributed by atoms with Crippen LogP contribution in [0.15, 0.2) is 39.3 Å². The number of nitro benzene ring substituents is 1. The predicted octanol–water partition coefficient (Wildman–Crippen LogP) is 6.50. The predicted molar refractivity (Wildman–Crippen MR) is 97.7 cm³/mol. The van der Waals surface area contributed by atoms with Gasteiger partial charge in [-0.3, -0.25) is 14.9 Å². The highest BCUT2D eigenvalue weighted by Gasteiger charge is 2.64. The molecular formula is C16H7Br2F7N2O3. The Balaban J connectivity index is 2.48. The molecule has 0 aliphatic carbocycles. The maximum Gasteiger partial charge on any atom is 0.432 e. The van der Waals surface area contributed by atoms with Gasteiger partial charge >= 0.3 is 11.9 Å². The highest BCUT2D eigenvalue weighted by atomic mass is 79.9. The fourth-order valence-electron chi connectivity index (χ4n) is 2.33. The maximum absolute atomic E-state index is 14.2. The van der Waals surface area contributed by atoms with Crippen molar-refractivity contribution in [3.63, 3.8) is 0 Å².